The van der Waals surface area contributed by atoms with E-state index in [2.05, 4.69) is 38.4 Å². The van der Waals surface area contributed by atoms with E-state index in [0.717, 1.165) is 36.1 Å². The van der Waals surface area contributed by atoms with Crippen molar-refractivity contribution in [3.8, 4) is 0 Å². The highest BCUT2D eigenvalue weighted by Crippen LogP contribution is 2.20. The number of carbonyl (C=O) groups excluding carboxylic acids is 1. The van der Waals surface area contributed by atoms with Gasteiger partial charge in [-0.3, -0.25) is 9.78 Å². The second-order valence-electron chi connectivity index (χ2n) is 5.46. The molecule has 1 fully saturated rings. The first-order chi connectivity index (χ1) is 10.7. The quantitative estimate of drug-likeness (QED) is 0.910. The lowest BCUT2D eigenvalue weighted by atomic mass is 10.0. The lowest BCUT2D eigenvalue weighted by molar-refractivity contribution is 0.0718. The Balaban J connectivity index is 1.54. The summed E-state index contributed by atoms with van der Waals surface area (Å²) in [6.45, 7) is 1.56. The summed E-state index contributed by atoms with van der Waals surface area (Å²) in [5.74, 6) is 0.0789. The molecule has 114 valence electrons. The van der Waals surface area contributed by atoms with Crippen LogP contribution in [0.15, 0.2) is 53.3 Å². The van der Waals surface area contributed by atoms with Crippen LogP contribution in [0.3, 0.4) is 0 Å². The number of halogens is 1. The summed E-state index contributed by atoms with van der Waals surface area (Å²) >= 11 is 3.44. The monoisotopic (exact) mass is 359 g/mol. The van der Waals surface area contributed by atoms with Crippen molar-refractivity contribution in [2.45, 2.75) is 18.9 Å². The zero-order valence-corrected chi connectivity index (χ0v) is 13.8. The van der Waals surface area contributed by atoms with E-state index in [0.29, 0.717) is 11.6 Å². The van der Waals surface area contributed by atoms with Crippen LogP contribution in [0.4, 0.5) is 5.69 Å². The number of rotatable bonds is 3. The van der Waals surface area contributed by atoms with Crippen LogP contribution < -0.4 is 5.32 Å². The largest absolute Gasteiger partial charge is 0.382 e. The number of piperidine rings is 1. The van der Waals surface area contributed by atoms with Crippen molar-refractivity contribution in [2.24, 2.45) is 0 Å². The van der Waals surface area contributed by atoms with Gasteiger partial charge < -0.3 is 10.2 Å². The van der Waals surface area contributed by atoms with Crippen LogP contribution >= 0.6 is 15.9 Å². The third-order valence-electron chi connectivity index (χ3n) is 3.91. The number of amides is 1. The summed E-state index contributed by atoms with van der Waals surface area (Å²) in [5, 5.41) is 3.54. The Kier molecular flexibility index (Phi) is 4.73. The molecule has 0 radical (unpaired) electrons. The van der Waals surface area contributed by atoms with Crippen LogP contribution in [0.25, 0.3) is 0 Å². The van der Waals surface area contributed by atoms with Crippen molar-refractivity contribution in [3.63, 3.8) is 0 Å². The molecule has 1 aliphatic rings. The highest BCUT2D eigenvalue weighted by molar-refractivity contribution is 9.10. The molecule has 3 rings (SSSR count). The number of nitrogens with zero attached hydrogens (tertiary/aromatic N) is 2. The number of hydrogen-bond donors (Lipinski definition) is 1. The number of anilines is 1. The van der Waals surface area contributed by atoms with E-state index in [1.54, 1.807) is 18.5 Å². The van der Waals surface area contributed by atoms with Gasteiger partial charge in [0.25, 0.3) is 5.91 Å². The Morgan fingerprint density at radius 2 is 1.91 bits per heavy atom. The first kappa shape index (κ1) is 15.0. The molecule has 2 aromatic rings. The maximum absolute atomic E-state index is 12.4. The number of aromatic nitrogens is 1. The fourth-order valence-electron chi connectivity index (χ4n) is 2.68. The number of nitrogens with one attached hydrogen (secondary N) is 1. The van der Waals surface area contributed by atoms with Gasteiger partial charge in [-0.1, -0.05) is 15.9 Å². The van der Waals surface area contributed by atoms with Crippen molar-refractivity contribution in [1.82, 2.24) is 9.88 Å². The molecule has 1 aliphatic heterocycles. The van der Waals surface area contributed by atoms with Gasteiger partial charge in [0.05, 0.1) is 5.56 Å². The Hall–Kier alpha value is -1.88. The predicted octanol–water partition coefficient (Wildman–Crippen LogP) is 3.56. The Morgan fingerprint density at radius 1 is 1.18 bits per heavy atom. The summed E-state index contributed by atoms with van der Waals surface area (Å²) in [4.78, 5) is 18.3. The third kappa shape index (κ3) is 3.65. The smallest absolute Gasteiger partial charge is 0.255 e. The fourth-order valence-corrected chi connectivity index (χ4v) is 2.94. The van der Waals surface area contributed by atoms with Crippen molar-refractivity contribution < 1.29 is 4.79 Å². The zero-order chi connectivity index (χ0) is 15.4. The Morgan fingerprint density at radius 3 is 2.55 bits per heavy atom. The van der Waals surface area contributed by atoms with Crippen molar-refractivity contribution >= 4 is 27.5 Å². The minimum Gasteiger partial charge on any atom is -0.382 e. The zero-order valence-electron chi connectivity index (χ0n) is 12.2. The van der Waals surface area contributed by atoms with Gasteiger partial charge in [0, 0.05) is 41.7 Å². The molecule has 0 spiro atoms. The molecule has 0 bridgehead atoms. The molecule has 5 heteroatoms. The lowest BCUT2D eigenvalue weighted by Gasteiger charge is -2.33. The molecule has 22 heavy (non-hydrogen) atoms. The van der Waals surface area contributed by atoms with E-state index in [1.165, 1.54) is 0 Å². The average molecular weight is 360 g/mol. The van der Waals surface area contributed by atoms with Gasteiger partial charge in [0.2, 0.25) is 0 Å². The SMILES string of the molecule is O=C(c1cccnc1)N1CCC(Nc2ccc(Br)cc2)CC1. The molecule has 1 amide bonds. The minimum absolute atomic E-state index is 0.0789. The second-order valence-corrected chi connectivity index (χ2v) is 6.38. The van der Waals surface area contributed by atoms with Gasteiger partial charge in [-0.05, 0) is 49.2 Å². The first-order valence-corrected chi connectivity index (χ1v) is 8.23. The van der Waals surface area contributed by atoms with E-state index in [-0.39, 0.29) is 5.91 Å². The highest BCUT2D eigenvalue weighted by Gasteiger charge is 2.23. The summed E-state index contributed by atoms with van der Waals surface area (Å²) in [7, 11) is 0. The van der Waals surface area contributed by atoms with Crippen LogP contribution in [-0.2, 0) is 0 Å². The molecular weight excluding hydrogens is 342 g/mol. The van der Waals surface area contributed by atoms with Crippen LogP contribution in [0.2, 0.25) is 0 Å². The molecule has 1 aromatic heterocycles. The Labute approximate surface area is 138 Å². The summed E-state index contributed by atoms with van der Waals surface area (Å²) in [6.07, 6.45) is 5.24. The maximum atomic E-state index is 12.4. The summed E-state index contributed by atoms with van der Waals surface area (Å²) in [6, 6.07) is 12.2. The molecule has 1 saturated heterocycles. The van der Waals surface area contributed by atoms with Gasteiger partial charge in [0.1, 0.15) is 0 Å². The van der Waals surface area contributed by atoms with Crippen LogP contribution in [0.5, 0.6) is 0 Å². The molecule has 0 unspecified atom stereocenters. The van der Waals surface area contributed by atoms with E-state index in [4.69, 9.17) is 0 Å². The van der Waals surface area contributed by atoms with Crippen molar-refractivity contribution in [3.05, 3.63) is 58.8 Å². The normalized spacial score (nSPS) is 15.6. The number of pyridine rings is 1. The van der Waals surface area contributed by atoms with Crippen LogP contribution in [0.1, 0.15) is 23.2 Å². The van der Waals surface area contributed by atoms with E-state index in [1.807, 2.05) is 23.1 Å². The van der Waals surface area contributed by atoms with E-state index < -0.39 is 0 Å². The third-order valence-corrected chi connectivity index (χ3v) is 4.43. The topological polar surface area (TPSA) is 45.2 Å². The van der Waals surface area contributed by atoms with Gasteiger partial charge in [0.15, 0.2) is 0 Å². The van der Waals surface area contributed by atoms with Crippen LogP contribution in [0, 0.1) is 0 Å². The van der Waals surface area contributed by atoms with E-state index in [9.17, 15) is 4.79 Å². The number of benzene rings is 1. The number of hydrogen-bond acceptors (Lipinski definition) is 3. The first-order valence-electron chi connectivity index (χ1n) is 7.44. The van der Waals surface area contributed by atoms with Gasteiger partial charge in [-0.15, -0.1) is 0 Å². The van der Waals surface area contributed by atoms with Gasteiger partial charge in [-0.2, -0.15) is 0 Å². The lowest BCUT2D eigenvalue weighted by Crippen LogP contribution is -2.42. The molecule has 4 nitrogen and oxygen atoms in total. The molecule has 0 saturated carbocycles. The highest BCUT2D eigenvalue weighted by atomic mass is 79.9. The Bertz CT molecular complexity index is 622. The molecule has 0 aliphatic carbocycles. The molecule has 1 aromatic carbocycles. The predicted molar refractivity (Wildman–Crippen MR) is 90.9 cm³/mol. The second kappa shape index (κ2) is 6.92. The van der Waals surface area contributed by atoms with Gasteiger partial charge in [-0.25, -0.2) is 0 Å². The maximum Gasteiger partial charge on any atom is 0.255 e. The molecule has 1 N–H and O–H groups in total. The number of carbonyl (C=O) groups is 1. The van der Waals surface area contributed by atoms with Crippen LogP contribution in [-0.4, -0.2) is 34.9 Å². The van der Waals surface area contributed by atoms with Gasteiger partial charge >= 0.3 is 0 Å². The summed E-state index contributed by atoms with van der Waals surface area (Å²) in [5.41, 5.74) is 1.79. The molecule has 0 atom stereocenters. The average Bonchev–Trinajstić information content (AvgIpc) is 2.58. The van der Waals surface area contributed by atoms with E-state index >= 15 is 0 Å². The summed E-state index contributed by atoms with van der Waals surface area (Å²) < 4.78 is 1.08. The molecular formula is C17H18BrN3O. The molecule has 2 heterocycles. The minimum atomic E-state index is 0.0789. The number of likely N-dealkylation sites (tertiary alicyclic amines) is 1. The standard InChI is InChI=1S/C17H18BrN3O/c18-14-3-5-15(6-4-14)20-16-7-10-21(11-8-16)17(22)13-2-1-9-19-12-13/h1-6,9,12,16,20H,7-8,10-11H2. The van der Waals surface area contributed by atoms with Crippen molar-refractivity contribution in [1.29, 1.82) is 0 Å². The fraction of sp³-hybridized carbons (Fsp3) is 0.294. The van der Waals surface area contributed by atoms with Crippen molar-refractivity contribution in [2.75, 3.05) is 18.4 Å².